The SMILES string of the molecule is C[N+]12CC[C@@]34C5=CC(=O)C(=O)C=C5[N+]5(C)C(=O)C[C@@H]6OCC=C(C1)[C@H](C[C@@H]32)[C@@H]6[C@@H]45. The third kappa shape index (κ3) is 1.58. The van der Waals surface area contributed by atoms with Crippen LogP contribution in [0, 0.1) is 17.3 Å². The predicted octanol–water partition coefficient (Wildman–Crippen LogP) is 0.888. The lowest BCUT2D eigenvalue weighted by molar-refractivity contribution is -0.931. The van der Waals surface area contributed by atoms with Crippen molar-refractivity contribution in [2.45, 2.75) is 37.5 Å². The molecule has 2 unspecified atom stereocenters. The smallest absolute Gasteiger partial charge is 0.321 e. The Bertz CT molecular complexity index is 1040. The standard InChI is InChI=1S/C23H26N2O4/c1-24-5-4-23-14-8-16(26)17(27)9-15(14)25(2)20(28)10-18-21(22(23)25)13(7-19(23)24)12(11-24)3-6-29-18/h3,8-9,13,18-19,21-22H,4-7,10-11H2,1-2H3/q+2/t13-,18-,19-,21-,22-,23+,24?,25?/m0/s1. The Kier molecular flexibility index (Phi) is 2.74. The number of ether oxygens (including phenoxy) is 1. The van der Waals surface area contributed by atoms with Crippen molar-refractivity contribution in [3.05, 3.63) is 35.1 Å². The fourth-order valence-corrected chi connectivity index (χ4v) is 8.86. The largest absolute Gasteiger partial charge is 0.373 e. The normalized spacial score (nSPS) is 53.8. The molecule has 7 aliphatic rings. The van der Waals surface area contributed by atoms with Crippen molar-refractivity contribution in [1.82, 2.24) is 0 Å². The van der Waals surface area contributed by atoms with E-state index in [0.29, 0.717) is 25.0 Å². The molecule has 0 aromatic carbocycles. The Hall–Kier alpha value is -1.89. The van der Waals surface area contributed by atoms with Crippen LogP contribution in [-0.4, -0.2) is 78.4 Å². The molecule has 29 heavy (non-hydrogen) atoms. The second-order valence-electron chi connectivity index (χ2n) is 10.7. The molecule has 6 nitrogen and oxygen atoms in total. The van der Waals surface area contributed by atoms with E-state index in [1.807, 2.05) is 7.05 Å². The molecule has 0 radical (unpaired) electrons. The van der Waals surface area contributed by atoms with Gasteiger partial charge in [0.15, 0.2) is 0 Å². The Morgan fingerprint density at radius 2 is 1.93 bits per heavy atom. The topological polar surface area (TPSA) is 60.4 Å². The van der Waals surface area contributed by atoms with E-state index in [2.05, 4.69) is 13.1 Å². The van der Waals surface area contributed by atoms with Crippen molar-refractivity contribution < 1.29 is 28.1 Å². The predicted molar refractivity (Wildman–Crippen MR) is 102 cm³/mol. The van der Waals surface area contributed by atoms with Gasteiger partial charge >= 0.3 is 5.91 Å². The monoisotopic (exact) mass is 394 g/mol. The highest BCUT2D eigenvalue weighted by Crippen LogP contribution is 2.71. The highest BCUT2D eigenvalue weighted by atomic mass is 16.5. The Morgan fingerprint density at radius 3 is 2.76 bits per heavy atom. The summed E-state index contributed by atoms with van der Waals surface area (Å²) in [5.41, 5.74) is 3.11. The highest BCUT2D eigenvalue weighted by Gasteiger charge is 2.82. The van der Waals surface area contributed by atoms with Gasteiger partial charge in [0.1, 0.15) is 29.7 Å². The minimum atomic E-state index is -0.482. The van der Waals surface area contributed by atoms with E-state index >= 15 is 0 Å². The number of rotatable bonds is 0. The summed E-state index contributed by atoms with van der Waals surface area (Å²) >= 11 is 0. The van der Waals surface area contributed by atoms with Crippen LogP contribution in [0.5, 0.6) is 0 Å². The number of carbonyl (C=O) groups is 3. The van der Waals surface area contributed by atoms with E-state index in [0.717, 1.165) is 41.7 Å². The van der Waals surface area contributed by atoms with Gasteiger partial charge in [-0.1, -0.05) is 6.08 Å². The summed E-state index contributed by atoms with van der Waals surface area (Å²) < 4.78 is 7.45. The number of allylic oxidation sites excluding steroid dienone is 3. The molecular formula is C23H26N2O4+2. The van der Waals surface area contributed by atoms with Crippen molar-refractivity contribution in [3.63, 3.8) is 0 Å². The minimum absolute atomic E-state index is 0.0551. The molecule has 4 saturated heterocycles. The van der Waals surface area contributed by atoms with E-state index in [9.17, 15) is 14.4 Å². The zero-order valence-corrected chi connectivity index (χ0v) is 16.9. The number of hydrogen-bond acceptors (Lipinski definition) is 4. The van der Waals surface area contributed by atoms with Crippen LogP contribution in [0.1, 0.15) is 19.3 Å². The quantitative estimate of drug-likeness (QED) is 0.265. The van der Waals surface area contributed by atoms with E-state index in [1.54, 1.807) is 6.08 Å². The number of ketones is 2. The molecular weight excluding hydrogens is 368 g/mol. The first kappa shape index (κ1) is 16.9. The summed E-state index contributed by atoms with van der Waals surface area (Å²) in [6, 6.07) is 0.460. The number of fused-ring (bicyclic) bond motifs is 2. The second-order valence-corrected chi connectivity index (χ2v) is 10.7. The number of amides is 1. The van der Waals surface area contributed by atoms with E-state index in [4.69, 9.17) is 4.74 Å². The summed E-state index contributed by atoms with van der Waals surface area (Å²) in [5.74, 6) is -0.0494. The van der Waals surface area contributed by atoms with Gasteiger partial charge in [0.05, 0.1) is 45.8 Å². The summed E-state index contributed by atoms with van der Waals surface area (Å²) in [5, 5.41) is 0. The van der Waals surface area contributed by atoms with Gasteiger partial charge in [-0.05, 0) is 11.6 Å². The molecule has 6 heteroatoms. The fourth-order valence-electron chi connectivity index (χ4n) is 8.86. The van der Waals surface area contributed by atoms with Crippen LogP contribution in [0.3, 0.4) is 0 Å². The number of quaternary nitrogens is 2. The zero-order chi connectivity index (χ0) is 19.9. The molecule has 1 saturated carbocycles. The van der Waals surface area contributed by atoms with Gasteiger partial charge < -0.3 is 9.22 Å². The summed E-state index contributed by atoms with van der Waals surface area (Å²) in [6.45, 7) is 2.70. The molecule has 5 aliphatic heterocycles. The van der Waals surface area contributed by atoms with Crippen LogP contribution in [0.4, 0.5) is 0 Å². The molecule has 7 rings (SSSR count). The van der Waals surface area contributed by atoms with Crippen molar-refractivity contribution in [3.8, 4) is 0 Å². The molecule has 150 valence electrons. The fraction of sp³-hybridized carbons (Fsp3) is 0.609. The first-order chi connectivity index (χ1) is 13.8. The third-order valence-corrected chi connectivity index (χ3v) is 9.84. The molecule has 5 fully saturated rings. The van der Waals surface area contributed by atoms with Gasteiger partial charge in [0, 0.05) is 30.3 Å². The lowest BCUT2D eigenvalue weighted by atomic mass is 9.52. The average Bonchev–Trinajstić information content (AvgIpc) is 3.03. The van der Waals surface area contributed by atoms with E-state index in [-0.39, 0.29) is 33.9 Å². The van der Waals surface area contributed by atoms with Crippen LogP contribution in [-0.2, 0) is 19.1 Å². The molecule has 0 aromatic heterocycles. The molecule has 0 N–H and O–H groups in total. The van der Waals surface area contributed by atoms with Crippen molar-refractivity contribution in [1.29, 1.82) is 0 Å². The summed E-state index contributed by atoms with van der Waals surface area (Å²) in [6.07, 6.45) is 7.83. The maximum atomic E-state index is 13.6. The Balaban J connectivity index is 1.58. The van der Waals surface area contributed by atoms with E-state index in [1.165, 1.54) is 11.6 Å². The Morgan fingerprint density at radius 1 is 1.14 bits per heavy atom. The molecule has 1 spiro atoms. The van der Waals surface area contributed by atoms with Crippen molar-refractivity contribution >= 4 is 17.5 Å². The number of likely N-dealkylation sites (N-methyl/N-ethyl adjacent to an activating group) is 2. The number of piperidine rings is 2. The van der Waals surface area contributed by atoms with Crippen molar-refractivity contribution in [2.24, 2.45) is 17.3 Å². The highest BCUT2D eigenvalue weighted by molar-refractivity contribution is 6.46. The van der Waals surface area contributed by atoms with Gasteiger partial charge in [-0.25, -0.2) is 9.28 Å². The van der Waals surface area contributed by atoms with Crippen LogP contribution >= 0.6 is 0 Å². The second kappa shape index (κ2) is 4.71. The third-order valence-electron chi connectivity index (χ3n) is 9.84. The van der Waals surface area contributed by atoms with E-state index < -0.39 is 11.6 Å². The first-order valence-corrected chi connectivity index (χ1v) is 10.9. The van der Waals surface area contributed by atoms with Crippen LogP contribution in [0.15, 0.2) is 35.1 Å². The van der Waals surface area contributed by atoms with Crippen LogP contribution < -0.4 is 0 Å². The molecule has 2 bridgehead atoms. The molecule has 5 heterocycles. The van der Waals surface area contributed by atoms with Gasteiger partial charge in [0.2, 0.25) is 11.6 Å². The number of nitrogens with zero attached hydrogens (tertiary/aromatic N) is 2. The summed E-state index contributed by atoms with van der Waals surface area (Å²) in [4.78, 5) is 38.5. The Labute approximate surface area is 169 Å². The number of hydrogen-bond donors (Lipinski definition) is 0. The first-order valence-electron chi connectivity index (χ1n) is 10.9. The van der Waals surface area contributed by atoms with Crippen molar-refractivity contribution in [2.75, 3.05) is 33.8 Å². The zero-order valence-electron chi connectivity index (χ0n) is 16.9. The molecule has 2 aliphatic carbocycles. The maximum absolute atomic E-state index is 13.6. The van der Waals surface area contributed by atoms with Crippen LogP contribution in [0.2, 0.25) is 0 Å². The van der Waals surface area contributed by atoms with Gasteiger partial charge in [0.25, 0.3) is 0 Å². The summed E-state index contributed by atoms with van der Waals surface area (Å²) in [7, 11) is 4.37. The minimum Gasteiger partial charge on any atom is -0.373 e. The number of carbonyl (C=O) groups excluding carboxylic acids is 3. The molecule has 8 atom stereocenters. The lowest BCUT2D eigenvalue weighted by Gasteiger charge is -2.59. The van der Waals surface area contributed by atoms with Crippen LogP contribution in [0.25, 0.3) is 0 Å². The van der Waals surface area contributed by atoms with Gasteiger partial charge in [-0.15, -0.1) is 0 Å². The van der Waals surface area contributed by atoms with Gasteiger partial charge in [-0.3, -0.25) is 9.59 Å². The average molecular weight is 394 g/mol. The molecule has 1 amide bonds. The van der Waals surface area contributed by atoms with Gasteiger partial charge in [-0.2, -0.15) is 0 Å². The maximum Gasteiger partial charge on any atom is 0.321 e. The lowest BCUT2D eigenvalue weighted by Crippen LogP contribution is -2.73. The molecule has 0 aromatic rings.